The molecule has 0 radical (unpaired) electrons. The van der Waals surface area contributed by atoms with Gasteiger partial charge in [0, 0.05) is 13.1 Å². The smallest absolute Gasteiger partial charge is 0.123 e. The first-order valence-corrected chi connectivity index (χ1v) is 6.28. The number of benzene rings is 1. The highest BCUT2D eigenvalue weighted by atomic mass is 19.1. The molecule has 0 saturated carbocycles. The lowest BCUT2D eigenvalue weighted by molar-refractivity contribution is 0.277. The number of halogens is 1. The predicted molar refractivity (Wildman–Crippen MR) is 70.4 cm³/mol. The monoisotopic (exact) mass is 238 g/mol. The minimum absolute atomic E-state index is 0.154. The average Bonchev–Trinajstić information content (AvgIpc) is 2.33. The fourth-order valence-corrected chi connectivity index (χ4v) is 1.91. The van der Waals surface area contributed by atoms with Crippen LogP contribution in [0.4, 0.5) is 4.39 Å². The third-order valence-electron chi connectivity index (χ3n) is 3.15. The summed E-state index contributed by atoms with van der Waals surface area (Å²) in [6.45, 7) is 4.86. The van der Waals surface area contributed by atoms with E-state index >= 15 is 0 Å². The maximum absolute atomic E-state index is 13.0. The summed E-state index contributed by atoms with van der Waals surface area (Å²) in [5.74, 6) is 0.408. The Morgan fingerprint density at radius 2 is 2.18 bits per heavy atom. The van der Waals surface area contributed by atoms with Gasteiger partial charge in [-0.05, 0) is 43.6 Å². The van der Waals surface area contributed by atoms with Crippen LogP contribution in [-0.4, -0.2) is 31.6 Å². The van der Waals surface area contributed by atoms with Crippen molar-refractivity contribution in [3.63, 3.8) is 0 Å². The quantitative estimate of drug-likeness (QED) is 0.789. The molecule has 17 heavy (non-hydrogen) atoms. The van der Waals surface area contributed by atoms with Crippen LogP contribution in [0.1, 0.15) is 18.9 Å². The summed E-state index contributed by atoms with van der Waals surface area (Å²) in [6, 6.07) is 6.82. The minimum atomic E-state index is -0.154. The van der Waals surface area contributed by atoms with E-state index in [1.807, 2.05) is 6.07 Å². The van der Waals surface area contributed by atoms with E-state index in [1.54, 1.807) is 12.1 Å². The lowest BCUT2D eigenvalue weighted by Gasteiger charge is -2.22. The van der Waals surface area contributed by atoms with Crippen LogP contribution in [-0.2, 0) is 6.42 Å². The lowest BCUT2D eigenvalue weighted by Crippen LogP contribution is -2.31. The summed E-state index contributed by atoms with van der Waals surface area (Å²) in [4.78, 5) is 2.27. The largest absolute Gasteiger partial charge is 0.330 e. The lowest BCUT2D eigenvalue weighted by atomic mass is 10.1. The summed E-state index contributed by atoms with van der Waals surface area (Å²) in [7, 11) is 2.09. The van der Waals surface area contributed by atoms with Gasteiger partial charge in [0.1, 0.15) is 5.82 Å². The molecule has 0 aliphatic heterocycles. The first-order chi connectivity index (χ1) is 8.15. The summed E-state index contributed by atoms with van der Waals surface area (Å²) < 4.78 is 13.0. The average molecular weight is 238 g/mol. The first kappa shape index (κ1) is 14.1. The zero-order valence-corrected chi connectivity index (χ0v) is 10.8. The van der Waals surface area contributed by atoms with Crippen molar-refractivity contribution in [2.75, 3.05) is 26.7 Å². The molecule has 1 aromatic rings. The third kappa shape index (κ3) is 5.29. The van der Waals surface area contributed by atoms with Gasteiger partial charge in [-0.3, -0.25) is 0 Å². The Labute approximate surface area is 104 Å². The predicted octanol–water partition coefficient (Wildman–Crippen LogP) is 2.28. The Morgan fingerprint density at radius 1 is 1.41 bits per heavy atom. The van der Waals surface area contributed by atoms with Gasteiger partial charge < -0.3 is 10.6 Å². The van der Waals surface area contributed by atoms with E-state index in [0.29, 0.717) is 5.92 Å². The van der Waals surface area contributed by atoms with Crippen LogP contribution in [0, 0.1) is 11.7 Å². The standard InChI is InChI=1S/C14H23FN2/c1-3-12(10-16)11-17(2)8-7-13-5-4-6-14(15)9-13/h4-6,9,12H,3,7-8,10-11,16H2,1-2H3. The summed E-state index contributed by atoms with van der Waals surface area (Å²) in [6.07, 6.45) is 2.00. The Balaban J connectivity index is 2.35. The number of nitrogens with two attached hydrogens (primary N) is 1. The second-order valence-corrected chi connectivity index (χ2v) is 4.65. The Kier molecular flexibility index (Phi) is 6.16. The molecule has 2 N–H and O–H groups in total. The molecule has 0 aliphatic carbocycles. The molecule has 96 valence electrons. The zero-order chi connectivity index (χ0) is 12.7. The van der Waals surface area contributed by atoms with E-state index in [-0.39, 0.29) is 5.82 Å². The Morgan fingerprint density at radius 3 is 2.76 bits per heavy atom. The molecule has 1 rings (SSSR count). The molecule has 2 nitrogen and oxygen atoms in total. The van der Waals surface area contributed by atoms with Gasteiger partial charge in [-0.1, -0.05) is 25.5 Å². The number of rotatable bonds is 7. The van der Waals surface area contributed by atoms with Crippen LogP contribution in [0.3, 0.4) is 0 Å². The van der Waals surface area contributed by atoms with Crippen LogP contribution >= 0.6 is 0 Å². The van der Waals surface area contributed by atoms with E-state index in [2.05, 4.69) is 18.9 Å². The molecular weight excluding hydrogens is 215 g/mol. The van der Waals surface area contributed by atoms with Crippen molar-refractivity contribution < 1.29 is 4.39 Å². The van der Waals surface area contributed by atoms with Crippen molar-refractivity contribution in [2.45, 2.75) is 19.8 Å². The summed E-state index contributed by atoms with van der Waals surface area (Å²) in [5, 5.41) is 0. The van der Waals surface area contributed by atoms with Crippen molar-refractivity contribution in [3.8, 4) is 0 Å². The molecule has 0 spiro atoms. The fourth-order valence-electron chi connectivity index (χ4n) is 1.91. The number of nitrogens with zero attached hydrogens (tertiary/aromatic N) is 1. The van der Waals surface area contributed by atoms with Gasteiger partial charge in [-0.15, -0.1) is 0 Å². The van der Waals surface area contributed by atoms with Crippen LogP contribution in [0.2, 0.25) is 0 Å². The van der Waals surface area contributed by atoms with Crippen LogP contribution in [0.25, 0.3) is 0 Å². The molecule has 0 heterocycles. The molecule has 1 aromatic carbocycles. The van der Waals surface area contributed by atoms with Crippen LogP contribution in [0.5, 0.6) is 0 Å². The van der Waals surface area contributed by atoms with Crippen molar-refractivity contribution in [3.05, 3.63) is 35.6 Å². The van der Waals surface area contributed by atoms with Crippen LogP contribution in [0.15, 0.2) is 24.3 Å². The summed E-state index contributed by atoms with van der Waals surface area (Å²) >= 11 is 0. The van der Waals surface area contributed by atoms with E-state index in [4.69, 9.17) is 5.73 Å². The van der Waals surface area contributed by atoms with E-state index < -0.39 is 0 Å². The van der Waals surface area contributed by atoms with Gasteiger partial charge in [0.05, 0.1) is 0 Å². The molecular formula is C14H23FN2. The van der Waals surface area contributed by atoms with E-state index in [0.717, 1.165) is 38.0 Å². The maximum atomic E-state index is 13.0. The molecule has 0 bridgehead atoms. The van der Waals surface area contributed by atoms with Crippen molar-refractivity contribution in [2.24, 2.45) is 11.7 Å². The highest BCUT2D eigenvalue weighted by Crippen LogP contribution is 2.07. The highest BCUT2D eigenvalue weighted by molar-refractivity contribution is 5.16. The molecule has 1 atom stereocenters. The highest BCUT2D eigenvalue weighted by Gasteiger charge is 2.07. The first-order valence-electron chi connectivity index (χ1n) is 6.28. The Bertz CT molecular complexity index is 324. The van der Waals surface area contributed by atoms with Crippen molar-refractivity contribution in [1.82, 2.24) is 4.90 Å². The number of hydrogen-bond acceptors (Lipinski definition) is 2. The maximum Gasteiger partial charge on any atom is 0.123 e. The van der Waals surface area contributed by atoms with Crippen molar-refractivity contribution >= 4 is 0 Å². The Hall–Kier alpha value is -0.930. The van der Waals surface area contributed by atoms with E-state index in [9.17, 15) is 4.39 Å². The third-order valence-corrected chi connectivity index (χ3v) is 3.15. The fraction of sp³-hybridized carbons (Fsp3) is 0.571. The van der Waals surface area contributed by atoms with Gasteiger partial charge in [0.15, 0.2) is 0 Å². The molecule has 3 heteroatoms. The molecule has 0 amide bonds. The minimum Gasteiger partial charge on any atom is -0.330 e. The second kappa shape index (κ2) is 7.41. The molecule has 0 fully saturated rings. The van der Waals surface area contributed by atoms with E-state index in [1.165, 1.54) is 6.07 Å². The second-order valence-electron chi connectivity index (χ2n) is 4.65. The van der Waals surface area contributed by atoms with Gasteiger partial charge in [0.2, 0.25) is 0 Å². The van der Waals surface area contributed by atoms with Crippen LogP contribution < -0.4 is 5.73 Å². The van der Waals surface area contributed by atoms with Gasteiger partial charge >= 0.3 is 0 Å². The van der Waals surface area contributed by atoms with Gasteiger partial charge in [0.25, 0.3) is 0 Å². The zero-order valence-electron chi connectivity index (χ0n) is 10.8. The molecule has 0 saturated heterocycles. The normalized spacial score (nSPS) is 13.0. The van der Waals surface area contributed by atoms with Gasteiger partial charge in [-0.25, -0.2) is 4.39 Å². The molecule has 0 aliphatic rings. The molecule has 1 unspecified atom stereocenters. The molecule has 0 aromatic heterocycles. The van der Waals surface area contributed by atoms with Gasteiger partial charge in [-0.2, -0.15) is 0 Å². The topological polar surface area (TPSA) is 29.3 Å². The summed E-state index contributed by atoms with van der Waals surface area (Å²) in [5.41, 5.74) is 6.74. The SMILES string of the molecule is CCC(CN)CN(C)CCc1cccc(F)c1. The number of likely N-dealkylation sites (N-methyl/N-ethyl adjacent to an activating group) is 1. The van der Waals surface area contributed by atoms with Crippen molar-refractivity contribution in [1.29, 1.82) is 0 Å². The number of hydrogen-bond donors (Lipinski definition) is 1.